The van der Waals surface area contributed by atoms with Crippen molar-refractivity contribution in [1.29, 1.82) is 10.5 Å². The van der Waals surface area contributed by atoms with E-state index in [-0.39, 0.29) is 6.04 Å². The van der Waals surface area contributed by atoms with Gasteiger partial charge in [-0.25, -0.2) is 0 Å². The van der Waals surface area contributed by atoms with Gasteiger partial charge in [-0.15, -0.1) is 0 Å². The summed E-state index contributed by atoms with van der Waals surface area (Å²) in [6.45, 7) is 10.9. The van der Waals surface area contributed by atoms with Crippen LogP contribution in [0.15, 0.2) is 4.99 Å². The van der Waals surface area contributed by atoms with Crippen LogP contribution in [0.25, 0.3) is 0 Å². The number of nitrogens with zero attached hydrogens (tertiary/aromatic N) is 6. The van der Waals surface area contributed by atoms with E-state index in [1.165, 1.54) is 32.4 Å². The Balaban J connectivity index is 1.63. The second-order valence-corrected chi connectivity index (χ2v) is 8.85. The lowest BCUT2D eigenvalue weighted by Crippen LogP contribution is -2.49. The molecule has 0 aliphatic carbocycles. The highest BCUT2D eigenvalue weighted by atomic mass is 15.2. The number of nitriles is 2. The molecule has 6 heteroatoms. The van der Waals surface area contributed by atoms with Crippen molar-refractivity contribution in [2.75, 3.05) is 39.3 Å². The maximum absolute atomic E-state index is 9.53. The van der Waals surface area contributed by atoms with E-state index in [1.54, 1.807) is 0 Å². The third kappa shape index (κ3) is 5.25. The Morgan fingerprint density at radius 2 is 1.46 bits per heavy atom. The van der Waals surface area contributed by atoms with Gasteiger partial charge in [-0.3, -0.25) is 4.99 Å². The minimum Gasteiger partial charge on any atom is -0.358 e. The number of aliphatic imine (C=N–C) groups is 1. The van der Waals surface area contributed by atoms with Crippen LogP contribution in [-0.2, 0) is 0 Å². The van der Waals surface area contributed by atoms with Crippen LogP contribution in [0, 0.1) is 28.6 Å². The van der Waals surface area contributed by atoms with Crippen LogP contribution in [0.5, 0.6) is 0 Å². The third-order valence-electron chi connectivity index (χ3n) is 6.76. The summed E-state index contributed by atoms with van der Waals surface area (Å²) in [6.07, 6.45) is 8.31. The largest absolute Gasteiger partial charge is 0.358 e. The molecule has 0 aromatic carbocycles. The lowest BCUT2D eigenvalue weighted by Gasteiger charge is -2.41. The van der Waals surface area contributed by atoms with E-state index in [4.69, 9.17) is 4.99 Å². The van der Waals surface area contributed by atoms with Gasteiger partial charge in [0, 0.05) is 38.3 Å². The molecule has 0 aromatic rings. The van der Waals surface area contributed by atoms with E-state index in [2.05, 4.69) is 40.7 Å². The Bertz CT molecular complexity index is 579. The highest BCUT2D eigenvalue weighted by Crippen LogP contribution is 2.24. The minimum atomic E-state index is -0.741. The van der Waals surface area contributed by atoms with Crippen LogP contribution in [0.3, 0.4) is 0 Å². The van der Waals surface area contributed by atoms with E-state index >= 15 is 0 Å². The summed E-state index contributed by atoms with van der Waals surface area (Å²) in [5.74, 6) is -0.000226. The first-order valence-electron chi connectivity index (χ1n) is 11.2. The Kier molecular flexibility index (Phi) is 7.71. The summed E-state index contributed by atoms with van der Waals surface area (Å²) in [5.41, 5.74) is 0. The van der Waals surface area contributed by atoms with Crippen LogP contribution >= 0.6 is 0 Å². The molecular weight excluding hydrogens is 348 g/mol. The van der Waals surface area contributed by atoms with Gasteiger partial charge in [0.2, 0.25) is 0 Å². The molecule has 0 saturated carbocycles. The van der Waals surface area contributed by atoms with Crippen molar-refractivity contribution in [1.82, 2.24) is 14.7 Å². The molecule has 0 spiro atoms. The number of hydrogen-bond donors (Lipinski definition) is 0. The maximum Gasteiger partial charge on any atom is 0.189 e. The Labute approximate surface area is 170 Å². The molecule has 0 unspecified atom stereocenters. The van der Waals surface area contributed by atoms with Gasteiger partial charge >= 0.3 is 0 Å². The van der Waals surface area contributed by atoms with Crippen molar-refractivity contribution in [2.45, 2.75) is 76.9 Å². The van der Waals surface area contributed by atoms with Crippen LogP contribution < -0.4 is 0 Å². The number of rotatable bonds is 4. The monoisotopic (exact) mass is 384 g/mol. The molecule has 0 atom stereocenters. The second kappa shape index (κ2) is 10.2. The zero-order valence-corrected chi connectivity index (χ0v) is 17.7. The van der Waals surface area contributed by atoms with Crippen molar-refractivity contribution in [2.24, 2.45) is 10.9 Å². The predicted molar refractivity (Wildman–Crippen MR) is 112 cm³/mol. The van der Waals surface area contributed by atoms with Crippen LogP contribution in [0.2, 0.25) is 0 Å². The van der Waals surface area contributed by atoms with E-state index in [0.717, 1.165) is 57.7 Å². The van der Waals surface area contributed by atoms with Crippen LogP contribution in [0.1, 0.15) is 58.8 Å². The van der Waals surface area contributed by atoms with Gasteiger partial charge in [-0.2, -0.15) is 10.5 Å². The first kappa shape index (κ1) is 21.1. The van der Waals surface area contributed by atoms with Gasteiger partial charge < -0.3 is 14.7 Å². The third-order valence-corrected chi connectivity index (χ3v) is 6.76. The molecule has 0 amide bonds. The number of likely N-dealkylation sites (tertiary alicyclic amines) is 3. The molecule has 3 heterocycles. The SMILES string of the molecule is CC(C)N1CCC(N=C(C(C#N)C#N)N2CCC(N3CCCCC3)CC2)CC1. The molecule has 3 rings (SSSR count). The molecule has 3 saturated heterocycles. The van der Waals surface area contributed by atoms with Crippen molar-refractivity contribution in [3.05, 3.63) is 0 Å². The summed E-state index contributed by atoms with van der Waals surface area (Å²) in [7, 11) is 0. The molecule has 0 aromatic heterocycles. The quantitative estimate of drug-likeness (QED) is 0.551. The average Bonchev–Trinajstić information content (AvgIpc) is 2.75. The highest BCUT2D eigenvalue weighted by Gasteiger charge is 2.31. The number of hydrogen-bond acceptors (Lipinski definition) is 5. The fourth-order valence-corrected chi connectivity index (χ4v) is 4.95. The summed E-state index contributed by atoms with van der Waals surface area (Å²) in [5, 5.41) is 19.1. The van der Waals surface area contributed by atoms with Crippen molar-refractivity contribution < 1.29 is 0 Å². The van der Waals surface area contributed by atoms with E-state index < -0.39 is 5.92 Å². The van der Waals surface area contributed by atoms with Crippen LogP contribution in [-0.4, -0.2) is 77.9 Å². The van der Waals surface area contributed by atoms with Gasteiger partial charge in [-0.1, -0.05) is 6.42 Å². The molecule has 3 aliphatic heterocycles. The Morgan fingerprint density at radius 1 is 0.857 bits per heavy atom. The number of piperidine rings is 3. The lowest BCUT2D eigenvalue weighted by molar-refractivity contribution is 0.113. The standard InChI is InChI=1S/C22H36N6/c1-18(2)26-12-6-20(7-13-26)25-22(19(16-23)17-24)28-14-8-21(9-15-28)27-10-4-3-5-11-27/h18-21H,3-15H2,1-2H3. The molecule has 0 radical (unpaired) electrons. The summed E-state index contributed by atoms with van der Waals surface area (Å²) < 4.78 is 0. The van der Waals surface area contributed by atoms with Crippen molar-refractivity contribution >= 4 is 5.84 Å². The van der Waals surface area contributed by atoms with E-state index in [9.17, 15) is 10.5 Å². The fraction of sp³-hybridized carbons (Fsp3) is 0.864. The van der Waals surface area contributed by atoms with Gasteiger partial charge in [-0.05, 0) is 65.5 Å². The predicted octanol–water partition coefficient (Wildman–Crippen LogP) is 2.87. The van der Waals surface area contributed by atoms with Gasteiger partial charge in [0.25, 0.3) is 0 Å². The first-order chi connectivity index (χ1) is 13.6. The van der Waals surface area contributed by atoms with Gasteiger partial charge in [0.05, 0.1) is 18.2 Å². The van der Waals surface area contributed by atoms with Crippen molar-refractivity contribution in [3.8, 4) is 12.1 Å². The Morgan fingerprint density at radius 3 is 2.00 bits per heavy atom. The zero-order chi connectivity index (χ0) is 19.9. The lowest BCUT2D eigenvalue weighted by atomic mass is 9.98. The maximum atomic E-state index is 9.53. The highest BCUT2D eigenvalue weighted by molar-refractivity contribution is 5.89. The summed E-state index contributed by atoms with van der Waals surface area (Å²) in [4.78, 5) is 12.4. The van der Waals surface area contributed by atoms with E-state index in [1.807, 2.05) is 0 Å². The molecule has 3 aliphatic rings. The second-order valence-electron chi connectivity index (χ2n) is 8.85. The molecule has 3 fully saturated rings. The molecule has 0 bridgehead atoms. The molecule has 0 N–H and O–H groups in total. The summed E-state index contributed by atoms with van der Waals surface area (Å²) >= 11 is 0. The first-order valence-corrected chi connectivity index (χ1v) is 11.2. The van der Waals surface area contributed by atoms with Crippen molar-refractivity contribution in [3.63, 3.8) is 0 Å². The molecule has 154 valence electrons. The normalized spacial score (nSPS) is 24.5. The van der Waals surface area contributed by atoms with Crippen LogP contribution in [0.4, 0.5) is 0 Å². The van der Waals surface area contributed by atoms with Gasteiger partial charge in [0.1, 0.15) is 5.84 Å². The topological polar surface area (TPSA) is 69.7 Å². The van der Waals surface area contributed by atoms with Gasteiger partial charge in [0.15, 0.2) is 5.92 Å². The smallest absolute Gasteiger partial charge is 0.189 e. The Hall–Kier alpha value is -1.63. The molecule has 6 nitrogen and oxygen atoms in total. The zero-order valence-electron chi connectivity index (χ0n) is 17.7. The number of amidine groups is 1. The molecule has 28 heavy (non-hydrogen) atoms. The van der Waals surface area contributed by atoms with E-state index in [0.29, 0.717) is 12.1 Å². The fourth-order valence-electron chi connectivity index (χ4n) is 4.95. The minimum absolute atomic E-state index is 0.244. The summed E-state index contributed by atoms with van der Waals surface area (Å²) in [6, 6.07) is 5.85. The average molecular weight is 385 g/mol. The molecular formula is C22H36N6.